The van der Waals surface area contributed by atoms with Crippen LogP contribution in [0.15, 0.2) is 48.5 Å². The molecule has 0 heterocycles. The van der Waals surface area contributed by atoms with Crippen molar-refractivity contribution in [3.63, 3.8) is 0 Å². The Morgan fingerprint density at radius 2 is 1.91 bits per heavy atom. The van der Waals surface area contributed by atoms with Gasteiger partial charge in [0, 0.05) is 0 Å². The highest BCUT2D eigenvalue weighted by atomic mass is 35.5. The van der Waals surface area contributed by atoms with Crippen molar-refractivity contribution in [2.24, 2.45) is 0 Å². The molecule has 1 amide bonds. The maximum absolute atomic E-state index is 13.5. The Labute approximate surface area is 134 Å². The number of amides is 1. The number of halogens is 2. The van der Waals surface area contributed by atoms with Crippen LogP contribution in [0.5, 0.6) is 0 Å². The molecule has 5 heteroatoms. The van der Waals surface area contributed by atoms with Crippen LogP contribution in [0.2, 0.25) is 5.02 Å². The number of nitrogens with one attached hydrogen (secondary N) is 1. The number of hydrogen-bond donors (Lipinski definition) is 1. The number of carbonyl (C=O) groups is 1. The summed E-state index contributed by atoms with van der Waals surface area (Å²) < 4.78 is 18.7. The van der Waals surface area contributed by atoms with Crippen molar-refractivity contribution in [2.45, 2.75) is 26.0 Å². The normalized spacial score (nSPS) is 11.1. The fourth-order valence-corrected chi connectivity index (χ4v) is 2.09. The first-order chi connectivity index (χ1) is 10.4. The molecule has 2 aromatic carbocycles. The van der Waals surface area contributed by atoms with Gasteiger partial charge in [-0.25, -0.2) is 9.18 Å². The minimum Gasteiger partial charge on any atom is -0.445 e. The van der Waals surface area contributed by atoms with Gasteiger partial charge in [0.25, 0.3) is 0 Å². The second-order valence-corrected chi connectivity index (χ2v) is 5.85. The zero-order valence-corrected chi connectivity index (χ0v) is 13.2. The molecule has 2 aromatic rings. The molecule has 3 nitrogen and oxygen atoms in total. The molecular weight excluding hydrogens is 305 g/mol. The van der Waals surface area contributed by atoms with Gasteiger partial charge >= 0.3 is 6.09 Å². The molecule has 0 saturated heterocycles. The topological polar surface area (TPSA) is 38.3 Å². The molecular formula is C17H17ClFNO2. The Kier molecular flexibility index (Phi) is 5.03. The lowest BCUT2D eigenvalue weighted by Crippen LogP contribution is -2.41. The Morgan fingerprint density at radius 1 is 1.23 bits per heavy atom. The van der Waals surface area contributed by atoms with Crippen molar-refractivity contribution in [1.29, 1.82) is 0 Å². The predicted molar refractivity (Wildman–Crippen MR) is 84.2 cm³/mol. The quantitative estimate of drug-likeness (QED) is 0.890. The van der Waals surface area contributed by atoms with Crippen LogP contribution in [0.1, 0.15) is 25.0 Å². The molecule has 0 saturated carbocycles. The smallest absolute Gasteiger partial charge is 0.408 e. The Hall–Kier alpha value is -2.07. The van der Waals surface area contributed by atoms with E-state index in [9.17, 15) is 9.18 Å². The summed E-state index contributed by atoms with van der Waals surface area (Å²) in [7, 11) is 0. The van der Waals surface area contributed by atoms with Crippen molar-refractivity contribution < 1.29 is 13.9 Å². The third kappa shape index (κ3) is 4.21. The fourth-order valence-electron chi connectivity index (χ4n) is 1.97. The first-order valence-corrected chi connectivity index (χ1v) is 7.21. The molecule has 2 rings (SSSR count). The largest absolute Gasteiger partial charge is 0.445 e. The maximum Gasteiger partial charge on any atom is 0.408 e. The lowest BCUT2D eigenvalue weighted by molar-refractivity contribution is 0.129. The average Bonchev–Trinajstić information content (AvgIpc) is 2.48. The molecule has 0 bridgehead atoms. The van der Waals surface area contributed by atoms with Crippen molar-refractivity contribution in [1.82, 2.24) is 5.32 Å². The van der Waals surface area contributed by atoms with E-state index in [1.165, 1.54) is 12.1 Å². The highest BCUT2D eigenvalue weighted by Crippen LogP contribution is 2.24. The second kappa shape index (κ2) is 6.79. The van der Waals surface area contributed by atoms with Crippen molar-refractivity contribution in [2.75, 3.05) is 0 Å². The van der Waals surface area contributed by atoms with Gasteiger partial charge in [0.15, 0.2) is 0 Å². The van der Waals surface area contributed by atoms with E-state index >= 15 is 0 Å². The van der Waals surface area contributed by atoms with Crippen LogP contribution in [0.25, 0.3) is 0 Å². The second-order valence-electron chi connectivity index (χ2n) is 5.44. The molecule has 0 aromatic heterocycles. The molecule has 0 unspecified atom stereocenters. The molecule has 1 N–H and O–H groups in total. The number of alkyl carbamates (subject to hydrolysis) is 1. The standard InChI is InChI=1S/C17H17ClFNO2/c1-17(2,13-8-9-14(18)15(19)10-13)20-16(21)22-11-12-6-4-3-5-7-12/h3-10H,11H2,1-2H3,(H,20,21). The number of ether oxygens (including phenoxy) is 1. The first-order valence-electron chi connectivity index (χ1n) is 6.83. The first kappa shape index (κ1) is 16.3. The van der Waals surface area contributed by atoms with E-state index in [0.29, 0.717) is 5.56 Å². The summed E-state index contributed by atoms with van der Waals surface area (Å²) in [6.07, 6.45) is -0.566. The van der Waals surface area contributed by atoms with E-state index in [1.807, 2.05) is 30.3 Å². The van der Waals surface area contributed by atoms with Gasteiger partial charge in [-0.1, -0.05) is 48.0 Å². The molecule has 0 aliphatic rings. The monoisotopic (exact) mass is 321 g/mol. The third-order valence-corrected chi connectivity index (χ3v) is 3.58. The Bertz CT molecular complexity index is 659. The minimum atomic E-state index is -0.779. The van der Waals surface area contributed by atoms with Crippen LogP contribution in [0.4, 0.5) is 9.18 Å². The lowest BCUT2D eigenvalue weighted by atomic mass is 9.94. The summed E-state index contributed by atoms with van der Waals surface area (Å²) in [5.74, 6) is -0.522. The molecule has 22 heavy (non-hydrogen) atoms. The number of hydrogen-bond acceptors (Lipinski definition) is 2. The predicted octanol–water partition coefficient (Wildman–Crippen LogP) is 4.64. The van der Waals surface area contributed by atoms with Crippen molar-refractivity contribution in [3.8, 4) is 0 Å². The van der Waals surface area contributed by atoms with Gasteiger partial charge in [-0.2, -0.15) is 0 Å². The van der Waals surface area contributed by atoms with E-state index in [4.69, 9.17) is 16.3 Å². The van der Waals surface area contributed by atoms with E-state index < -0.39 is 17.4 Å². The van der Waals surface area contributed by atoms with Crippen LogP contribution in [0, 0.1) is 5.82 Å². The molecule has 0 spiro atoms. The Balaban J connectivity index is 1.98. The molecule has 116 valence electrons. The summed E-state index contributed by atoms with van der Waals surface area (Å²) in [6.45, 7) is 3.71. The fraction of sp³-hybridized carbons (Fsp3) is 0.235. The van der Waals surface area contributed by atoms with E-state index in [-0.39, 0.29) is 11.6 Å². The molecule has 0 aliphatic carbocycles. The summed E-state index contributed by atoms with van der Waals surface area (Å²) in [5.41, 5.74) is 0.721. The summed E-state index contributed by atoms with van der Waals surface area (Å²) in [5, 5.41) is 2.77. The maximum atomic E-state index is 13.5. The van der Waals surface area contributed by atoms with Gasteiger partial charge < -0.3 is 10.1 Å². The summed E-state index contributed by atoms with van der Waals surface area (Å²) in [6, 6.07) is 13.8. The van der Waals surface area contributed by atoms with E-state index in [2.05, 4.69) is 5.32 Å². The van der Waals surface area contributed by atoms with Crippen LogP contribution >= 0.6 is 11.6 Å². The zero-order valence-electron chi connectivity index (χ0n) is 12.4. The third-order valence-electron chi connectivity index (χ3n) is 3.27. The van der Waals surface area contributed by atoms with Gasteiger partial charge in [-0.15, -0.1) is 0 Å². The van der Waals surface area contributed by atoms with E-state index in [0.717, 1.165) is 5.56 Å². The summed E-state index contributed by atoms with van der Waals surface area (Å²) >= 11 is 5.67. The van der Waals surface area contributed by atoms with Gasteiger partial charge in [-0.05, 0) is 37.1 Å². The van der Waals surface area contributed by atoms with Gasteiger partial charge in [0.05, 0.1) is 10.6 Å². The number of benzene rings is 2. The number of carbonyl (C=O) groups excluding carboxylic acids is 1. The molecule has 0 fully saturated rings. The van der Waals surface area contributed by atoms with Crippen LogP contribution in [0.3, 0.4) is 0 Å². The van der Waals surface area contributed by atoms with Crippen LogP contribution in [-0.4, -0.2) is 6.09 Å². The highest BCUT2D eigenvalue weighted by Gasteiger charge is 2.24. The zero-order chi connectivity index (χ0) is 16.2. The molecule has 0 atom stereocenters. The van der Waals surface area contributed by atoms with Crippen molar-refractivity contribution >= 4 is 17.7 Å². The van der Waals surface area contributed by atoms with Gasteiger partial charge in [0.2, 0.25) is 0 Å². The molecule has 0 radical (unpaired) electrons. The van der Waals surface area contributed by atoms with Crippen molar-refractivity contribution in [3.05, 3.63) is 70.5 Å². The van der Waals surface area contributed by atoms with Gasteiger partial charge in [0.1, 0.15) is 12.4 Å². The van der Waals surface area contributed by atoms with E-state index in [1.54, 1.807) is 19.9 Å². The van der Waals surface area contributed by atoms with Gasteiger partial charge in [-0.3, -0.25) is 0 Å². The minimum absolute atomic E-state index is 0.0474. The highest BCUT2D eigenvalue weighted by molar-refractivity contribution is 6.30. The number of rotatable bonds is 4. The van der Waals surface area contributed by atoms with Crippen LogP contribution < -0.4 is 5.32 Å². The SMILES string of the molecule is CC(C)(NC(=O)OCc1ccccc1)c1ccc(Cl)c(F)c1. The average molecular weight is 322 g/mol. The Morgan fingerprint density at radius 3 is 2.55 bits per heavy atom. The summed E-state index contributed by atoms with van der Waals surface area (Å²) in [4.78, 5) is 11.9. The molecule has 0 aliphatic heterocycles. The van der Waals surface area contributed by atoms with Crippen LogP contribution in [-0.2, 0) is 16.9 Å². The lowest BCUT2D eigenvalue weighted by Gasteiger charge is -2.26.